The lowest BCUT2D eigenvalue weighted by molar-refractivity contribution is -0.147. The van der Waals surface area contributed by atoms with Crippen molar-refractivity contribution in [3.63, 3.8) is 0 Å². The Kier molecular flexibility index (Phi) is 5.91. The maximum absolute atomic E-state index is 12.4. The van der Waals surface area contributed by atoms with Crippen LogP contribution >= 0.6 is 0 Å². The van der Waals surface area contributed by atoms with Gasteiger partial charge in [0.1, 0.15) is 6.10 Å². The van der Waals surface area contributed by atoms with Crippen LogP contribution in [0.5, 0.6) is 0 Å². The van der Waals surface area contributed by atoms with Gasteiger partial charge >= 0.3 is 0 Å². The third-order valence-corrected chi connectivity index (χ3v) is 5.70. The summed E-state index contributed by atoms with van der Waals surface area (Å²) in [4.78, 5) is 19.6. The van der Waals surface area contributed by atoms with Crippen LogP contribution in [0.25, 0.3) is 0 Å². The molecule has 1 amide bonds. The van der Waals surface area contributed by atoms with Gasteiger partial charge in [0.25, 0.3) is 5.91 Å². The number of carbonyl (C=O) groups is 1. The number of likely N-dealkylation sites (tertiary alicyclic amines) is 1. The number of morpholine rings is 1. The van der Waals surface area contributed by atoms with Crippen LogP contribution in [0.15, 0.2) is 0 Å². The molecule has 132 valence electrons. The van der Waals surface area contributed by atoms with E-state index < -0.39 is 0 Å². The Morgan fingerprint density at radius 3 is 2.39 bits per heavy atom. The Hall–Kier alpha value is -0.690. The number of carbonyl (C=O) groups excluding carboxylic acids is 1. The second-order valence-electron chi connectivity index (χ2n) is 7.24. The minimum atomic E-state index is -0.276. The molecule has 3 heterocycles. The average Bonchev–Trinajstić information content (AvgIpc) is 2.92. The zero-order valence-corrected chi connectivity index (χ0v) is 14.7. The van der Waals surface area contributed by atoms with Gasteiger partial charge in [-0.1, -0.05) is 0 Å². The lowest BCUT2D eigenvalue weighted by atomic mass is 10.2. The highest BCUT2D eigenvalue weighted by atomic mass is 16.5. The number of piperazine rings is 1. The number of amides is 1. The number of nitrogens with one attached hydrogen (secondary N) is 1. The third-order valence-electron chi connectivity index (χ3n) is 5.70. The standard InChI is InChI=1S/C17H32N4O2/c1-14-3-4-15(2)21(14)11-8-19-6-9-20(10-7-19)17(22)16-13-18-5-12-23-16/h14-16,18H,3-13H2,1-2H3/t14?,15?,16-/m1/s1. The molecule has 2 unspecified atom stereocenters. The molecular weight excluding hydrogens is 292 g/mol. The van der Waals surface area contributed by atoms with E-state index >= 15 is 0 Å². The maximum atomic E-state index is 12.4. The van der Waals surface area contributed by atoms with Gasteiger partial charge in [-0.3, -0.25) is 14.6 Å². The molecule has 6 nitrogen and oxygen atoms in total. The van der Waals surface area contributed by atoms with Gasteiger partial charge in [-0.15, -0.1) is 0 Å². The molecule has 3 aliphatic rings. The fourth-order valence-corrected chi connectivity index (χ4v) is 4.07. The van der Waals surface area contributed by atoms with Gasteiger partial charge in [-0.05, 0) is 26.7 Å². The number of hydrogen-bond donors (Lipinski definition) is 1. The van der Waals surface area contributed by atoms with E-state index in [4.69, 9.17) is 4.74 Å². The fourth-order valence-electron chi connectivity index (χ4n) is 4.07. The van der Waals surface area contributed by atoms with Crippen LogP contribution in [0, 0.1) is 0 Å². The Bertz CT molecular complexity index is 382. The molecule has 0 bridgehead atoms. The molecule has 3 rings (SSSR count). The smallest absolute Gasteiger partial charge is 0.253 e. The summed E-state index contributed by atoms with van der Waals surface area (Å²) in [7, 11) is 0. The van der Waals surface area contributed by atoms with Gasteiger partial charge in [0.2, 0.25) is 0 Å². The highest BCUT2D eigenvalue weighted by molar-refractivity contribution is 5.81. The zero-order valence-electron chi connectivity index (χ0n) is 14.7. The molecule has 3 aliphatic heterocycles. The second-order valence-corrected chi connectivity index (χ2v) is 7.24. The number of ether oxygens (including phenoxy) is 1. The quantitative estimate of drug-likeness (QED) is 0.788. The highest BCUT2D eigenvalue weighted by Crippen LogP contribution is 2.22. The molecule has 1 N–H and O–H groups in total. The van der Waals surface area contributed by atoms with E-state index in [9.17, 15) is 4.79 Å². The van der Waals surface area contributed by atoms with Crippen LogP contribution in [0.3, 0.4) is 0 Å². The predicted molar refractivity (Wildman–Crippen MR) is 90.5 cm³/mol. The lowest BCUT2D eigenvalue weighted by Crippen LogP contribution is -2.55. The van der Waals surface area contributed by atoms with E-state index in [-0.39, 0.29) is 12.0 Å². The zero-order chi connectivity index (χ0) is 16.2. The first-order valence-corrected chi connectivity index (χ1v) is 9.24. The summed E-state index contributed by atoms with van der Waals surface area (Å²) in [5.74, 6) is 0.165. The Morgan fingerprint density at radius 2 is 1.78 bits per heavy atom. The molecule has 3 fully saturated rings. The molecule has 0 aromatic carbocycles. The Labute approximate surface area is 140 Å². The fraction of sp³-hybridized carbons (Fsp3) is 0.941. The van der Waals surface area contributed by atoms with Crippen molar-refractivity contribution in [2.45, 2.75) is 44.9 Å². The van der Waals surface area contributed by atoms with E-state index in [1.54, 1.807) is 0 Å². The minimum Gasteiger partial charge on any atom is -0.366 e. The van der Waals surface area contributed by atoms with Crippen molar-refractivity contribution in [3.8, 4) is 0 Å². The molecule has 3 atom stereocenters. The van der Waals surface area contributed by atoms with Crippen LogP contribution in [-0.4, -0.2) is 97.8 Å². The lowest BCUT2D eigenvalue weighted by Gasteiger charge is -2.38. The van der Waals surface area contributed by atoms with Crippen molar-refractivity contribution in [1.29, 1.82) is 0 Å². The van der Waals surface area contributed by atoms with Gasteiger partial charge in [0, 0.05) is 64.4 Å². The van der Waals surface area contributed by atoms with Crippen LogP contribution in [-0.2, 0) is 9.53 Å². The third kappa shape index (κ3) is 4.24. The van der Waals surface area contributed by atoms with Crippen LogP contribution in [0.2, 0.25) is 0 Å². The number of rotatable bonds is 4. The minimum absolute atomic E-state index is 0.165. The molecule has 0 spiro atoms. The molecule has 23 heavy (non-hydrogen) atoms. The molecule has 0 saturated carbocycles. The van der Waals surface area contributed by atoms with Crippen LogP contribution in [0.4, 0.5) is 0 Å². The molecule has 6 heteroatoms. The summed E-state index contributed by atoms with van der Waals surface area (Å²) < 4.78 is 5.58. The Morgan fingerprint density at radius 1 is 1.09 bits per heavy atom. The summed E-state index contributed by atoms with van der Waals surface area (Å²) in [6.45, 7) is 12.8. The average molecular weight is 324 g/mol. The molecular formula is C17H32N4O2. The van der Waals surface area contributed by atoms with Gasteiger partial charge in [-0.25, -0.2) is 0 Å². The SMILES string of the molecule is CC1CCC(C)N1CCN1CCN(C(=O)[C@H]2CNCCO2)CC1. The van der Waals surface area contributed by atoms with Crippen molar-refractivity contribution in [2.24, 2.45) is 0 Å². The van der Waals surface area contributed by atoms with E-state index in [0.717, 1.165) is 57.9 Å². The van der Waals surface area contributed by atoms with E-state index in [0.29, 0.717) is 13.2 Å². The van der Waals surface area contributed by atoms with Gasteiger partial charge < -0.3 is 15.0 Å². The molecule has 0 radical (unpaired) electrons. The van der Waals surface area contributed by atoms with E-state index in [1.165, 1.54) is 12.8 Å². The van der Waals surface area contributed by atoms with Crippen molar-refractivity contribution < 1.29 is 9.53 Å². The van der Waals surface area contributed by atoms with Crippen molar-refractivity contribution >= 4 is 5.91 Å². The first-order valence-electron chi connectivity index (χ1n) is 9.24. The van der Waals surface area contributed by atoms with E-state index in [1.807, 2.05) is 4.90 Å². The Balaban J connectivity index is 1.39. The molecule has 0 aliphatic carbocycles. The monoisotopic (exact) mass is 324 g/mol. The summed E-state index contributed by atoms with van der Waals surface area (Å²) in [5.41, 5.74) is 0. The first kappa shape index (κ1) is 17.1. The largest absolute Gasteiger partial charge is 0.366 e. The summed E-state index contributed by atoms with van der Waals surface area (Å²) in [6.07, 6.45) is 2.39. The predicted octanol–water partition coefficient (Wildman–Crippen LogP) is -0.00820. The number of hydrogen-bond acceptors (Lipinski definition) is 5. The van der Waals surface area contributed by atoms with Gasteiger partial charge in [-0.2, -0.15) is 0 Å². The maximum Gasteiger partial charge on any atom is 0.253 e. The second kappa shape index (κ2) is 7.92. The summed E-state index contributed by atoms with van der Waals surface area (Å²) >= 11 is 0. The van der Waals surface area contributed by atoms with Crippen molar-refractivity contribution in [2.75, 3.05) is 59.0 Å². The summed E-state index contributed by atoms with van der Waals surface area (Å²) in [6, 6.07) is 1.45. The topological polar surface area (TPSA) is 48.0 Å². The van der Waals surface area contributed by atoms with Gasteiger partial charge in [0.15, 0.2) is 0 Å². The first-order chi connectivity index (χ1) is 11.1. The molecule has 3 saturated heterocycles. The van der Waals surface area contributed by atoms with E-state index in [2.05, 4.69) is 29.0 Å². The van der Waals surface area contributed by atoms with Crippen molar-refractivity contribution in [1.82, 2.24) is 20.0 Å². The number of nitrogens with zero attached hydrogens (tertiary/aromatic N) is 3. The van der Waals surface area contributed by atoms with Gasteiger partial charge in [0.05, 0.1) is 6.61 Å². The highest BCUT2D eigenvalue weighted by Gasteiger charge is 2.30. The van der Waals surface area contributed by atoms with Crippen molar-refractivity contribution in [3.05, 3.63) is 0 Å². The molecule has 0 aromatic rings. The normalized spacial score (nSPS) is 34.0. The van der Waals surface area contributed by atoms with Crippen LogP contribution in [0.1, 0.15) is 26.7 Å². The molecule has 0 aromatic heterocycles. The summed E-state index contributed by atoms with van der Waals surface area (Å²) in [5, 5.41) is 3.23. The van der Waals surface area contributed by atoms with Crippen LogP contribution < -0.4 is 5.32 Å².